The van der Waals surface area contributed by atoms with Crippen LogP contribution in [0.5, 0.6) is 0 Å². The first-order chi connectivity index (χ1) is 16.8. The lowest BCUT2D eigenvalue weighted by Crippen LogP contribution is -2.24. The number of hydrogen-bond donors (Lipinski definition) is 2. The number of rotatable bonds is 3. The zero-order chi connectivity index (χ0) is 24.7. The van der Waals surface area contributed by atoms with E-state index < -0.39 is 6.10 Å². The Hall–Kier alpha value is -4.19. The number of aromatic nitrogens is 5. The molecule has 0 aliphatic rings. The second kappa shape index (κ2) is 8.87. The molecule has 0 aliphatic carbocycles. The molecule has 0 spiro atoms. The summed E-state index contributed by atoms with van der Waals surface area (Å²) in [5.41, 5.74) is 8.85. The van der Waals surface area contributed by atoms with Crippen LogP contribution in [-0.2, 0) is 6.54 Å². The van der Waals surface area contributed by atoms with E-state index in [1.165, 1.54) is 6.33 Å². The lowest BCUT2D eigenvalue weighted by molar-refractivity contribution is 0.253. The average molecular weight is 485 g/mol. The molecule has 0 bridgehead atoms. The standard InChI is InChI=1S/C26H21ClN6O2/c1-15-6-5-7-17-12-18(33(26(35)22(15)17)21-9-4-3-8-19(21)27)13-32-25-23(24(28)29-14-30-25)20(31-32)11-10-16(2)34/h3-9,12,14,16,34H,13H2,1-2H3,(H2,28,29,30)/t16-/m1/s1. The second-order valence-electron chi connectivity index (χ2n) is 8.18. The molecule has 0 aliphatic heterocycles. The molecule has 35 heavy (non-hydrogen) atoms. The van der Waals surface area contributed by atoms with E-state index in [1.54, 1.807) is 28.3 Å². The Morgan fingerprint density at radius 2 is 1.94 bits per heavy atom. The number of nitrogens with zero attached hydrogens (tertiary/aromatic N) is 5. The highest BCUT2D eigenvalue weighted by Crippen LogP contribution is 2.26. The van der Waals surface area contributed by atoms with Crippen molar-refractivity contribution in [2.24, 2.45) is 0 Å². The number of halogens is 1. The van der Waals surface area contributed by atoms with Gasteiger partial charge in [-0.3, -0.25) is 9.36 Å². The van der Waals surface area contributed by atoms with E-state index in [9.17, 15) is 9.90 Å². The van der Waals surface area contributed by atoms with Gasteiger partial charge in [0.15, 0.2) is 5.65 Å². The van der Waals surface area contributed by atoms with E-state index in [1.807, 2.05) is 43.3 Å². The summed E-state index contributed by atoms with van der Waals surface area (Å²) >= 11 is 6.53. The normalized spacial score (nSPS) is 12.0. The van der Waals surface area contributed by atoms with Crippen molar-refractivity contribution in [3.05, 3.63) is 87.2 Å². The summed E-state index contributed by atoms with van der Waals surface area (Å²) in [5, 5.41) is 16.6. The summed E-state index contributed by atoms with van der Waals surface area (Å²) in [4.78, 5) is 22.2. The van der Waals surface area contributed by atoms with Crippen LogP contribution in [0.15, 0.2) is 59.7 Å². The maximum atomic E-state index is 13.8. The molecule has 0 saturated heterocycles. The van der Waals surface area contributed by atoms with Gasteiger partial charge in [0.2, 0.25) is 0 Å². The third-order valence-electron chi connectivity index (χ3n) is 5.69. The van der Waals surface area contributed by atoms with Crippen LogP contribution in [0.4, 0.5) is 5.82 Å². The van der Waals surface area contributed by atoms with Gasteiger partial charge in [-0.2, -0.15) is 5.10 Å². The van der Waals surface area contributed by atoms with Crippen molar-refractivity contribution >= 4 is 39.2 Å². The predicted molar refractivity (Wildman–Crippen MR) is 137 cm³/mol. The van der Waals surface area contributed by atoms with Crippen molar-refractivity contribution in [2.45, 2.75) is 26.5 Å². The van der Waals surface area contributed by atoms with Crippen LogP contribution in [0, 0.1) is 18.8 Å². The molecule has 8 nitrogen and oxygen atoms in total. The smallest absolute Gasteiger partial charge is 0.263 e. The number of anilines is 1. The van der Waals surface area contributed by atoms with Crippen molar-refractivity contribution in [3.8, 4) is 17.5 Å². The largest absolute Gasteiger partial charge is 0.383 e. The first-order valence-corrected chi connectivity index (χ1v) is 11.3. The molecule has 9 heteroatoms. The van der Waals surface area contributed by atoms with Crippen LogP contribution in [-0.4, -0.2) is 35.5 Å². The molecule has 0 amide bonds. The molecule has 5 aromatic rings. The van der Waals surface area contributed by atoms with E-state index in [4.69, 9.17) is 17.3 Å². The fourth-order valence-electron chi connectivity index (χ4n) is 4.16. The number of para-hydroxylation sites is 1. The molecular weight excluding hydrogens is 464 g/mol. The van der Waals surface area contributed by atoms with Gasteiger partial charge in [-0.25, -0.2) is 14.6 Å². The van der Waals surface area contributed by atoms with E-state index in [0.717, 1.165) is 10.9 Å². The highest BCUT2D eigenvalue weighted by atomic mass is 35.5. The molecule has 3 N–H and O–H groups in total. The molecular formula is C26H21ClN6O2. The zero-order valence-corrected chi connectivity index (χ0v) is 19.8. The number of pyridine rings is 1. The van der Waals surface area contributed by atoms with E-state index in [0.29, 0.717) is 38.5 Å². The maximum Gasteiger partial charge on any atom is 0.263 e. The van der Waals surface area contributed by atoms with Gasteiger partial charge in [0.25, 0.3) is 5.56 Å². The van der Waals surface area contributed by atoms with Crippen molar-refractivity contribution in [1.82, 2.24) is 24.3 Å². The molecule has 174 valence electrons. The molecule has 0 unspecified atom stereocenters. The first kappa shape index (κ1) is 22.6. The Labute approximate surface area is 205 Å². The summed E-state index contributed by atoms with van der Waals surface area (Å²) in [6, 6.07) is 14.9. The lowest BCUT2D eigenvalue weighted by atomic mass is 10.1. The number of aryl methyl sites for hydroxylation is 1. The molecule has 3 aromatic heterocycles. The van der Waals surface area contributed by atoms with Gasteiger partial charge in [0, 0.05) is 5.69 Å². The van der Waals surface area contributed by atoms with E-state index in [-0.39, 0.29) is 17.9 Å². The highest BCUT2D eigenvalue weighted by Gasteiger charge is 2.19. The average Bonchev–Trinajstić information content (AvgIpc) is 3.17. The first-order valence-electron chi connectivity index (χ1n) is 10.9. The topological polar surface area (TPSA) is 112 Å². The van der Waals surface area contributed by atoms with Crippen LogP contribution in [0.3, 0.4) is 0 Å². The van der Waals surface area contributed by atoms with Gasteiger partial charge < -0.3 is 10.8 Å². The number of fused-ring (bicyclic) bond motifs is 2. The Balaban J connectivity index is 1.79. The number of benzene rings is 2. The number of hydrogen-bond acceptors (Lipinski definition) is 6. The predicted octanol–water partition coefficient (Wildman–Crippen LogP) is 3.46. The summed E-state index contributed by atoms with van der Waals surface area (Å²) in [6.45, 7) is 3.66. The quantitative estimate of drug-likeness (QED) is 0.379. The van der Waals surface area contributed by atoms with Crippen molar-refractivity contribution in [1.29, 1.82) is 0 Å². The Kier molecular flexibility index (Phi) is 5.73. The zero-order valence-electron chi connectivity index (χ0n) is 19.0. The Bertz CT molecular complexity index is 1730. The number of aliphatic hydroxyl groups excluding tert-OH is 1. The van der Waals surface area contributed by atoms with Crippen LogP contribution >= 0.6 is 11.6 Å². The van der Waals surface area contributed by atoms with Gasteiger partial charge >= 0.3 is 0 Å². The lowest BCUT2D eigenvalue weighted by Gasteiger charge is -2.17. The molecule has 2 aromatic carbocycles. The number of nitrogens with two attached hydrogens (primary N) is 1. The van der Waals surface area contributed by atoms with E-state index >= 15 is 0 Å². The fourth-order valence-corrected chi connectivity index (χ4v) is 4.38. The van der Waals surface area contributed by atoms with Gasteiger partial charge in [-0.15, -0.1) is 0 Å². The van der Waals surface area contributed by atoms with E-state index in [2.05, 4.69) is 26.9 Å². The second-order valence-corrected chi connectivity index (χ2v) is 8.58. The Morgan fingerprint density at radius 3 is 2.71 bits per heavy atom. The van der Waals surface area contributed by atoms with Crippen molar-refractivity contribution in [3.63, 3.8) is 0 Å². The molecule has 1 atom stereocenters. The van der Waals surface area contributed by atoms with Crippen LogP contribution < -0.4 is 11.3 Å². The highest BCUT2D eigenvalue weighted by molar-refractivity contribution is 6.32. The summed E-state index contributed by atoms with van der Waals surface area (Å²) in [5.74, 6) is 5.78. The summed E-state index contributed by atoms with van der Waals surface area (Å²) in [6.07, 6.45) is 0.516. The molecule has 5 rings (SSSR count). The molecule has 0 saturated carbocycles. The van der Waals surface area contributed by atoms with Gasteiger partial charge in [0.05, 0.1) is 28.0 Å². The summed E-state index contributed by atoms with van der Waals surface area (Å²) < 4.78 is 3.24. The third kappa shape index (κ3) is 4.01. The number of aliphatic hydroxyl groups is 1. The van der Waals surface area contributed by atoms with Crippen LogP contribution in [0.25, 0.3) is 27.5 Å². The van der Waals surface area contributed by atoms with Gasteiger partial charge in [0.1, 0.15) is 23.9 Å². The van der Waals surface area contributed by atoms with Gasteiger partial charge in [-0.1, -0.05) is 47.9 Å². The monoisotopic (exact) mass is 484 g/mol. The van der Waals surface area contributed by atoms with Gasteiger partial charge in [-0.05, 0) is 48.9 Å². The van der Waals surface area contributed by atoms with Crippen LogP contribution in [0.2, 0.25) is 5.02 Å². The van der Waals surface area contributed by atoms with Crippen molar-refractivity contribution in [2.75, 3.05) is 5.73 Å². The molecule has 3 heterocycles. The maximum absolute atomic E-state index is 13.8. The minimum Gasteiger partial charge on any atom is -0.383 e. The summed E-state index contributed by atoms with van der Waals surface area (Å²) in [7, 11) is 0. The molecule has 0 fully saturated rings. The fraction of sp³-hybridized carbons (Fsp3) is 0.154. The van der Waals surface area contributed by atoms with Crippen molar-refractivity contribution < 1.29 is 5.11 Å². The third-order valence-corrected chi connectivity index (χ3v) is 6.01. The SMILES string of the molecule is Cc1cccc2cc(Cn3nc(C#C[C@@H](C)O)c4c(N)ncnc43)n(-c3ccccc3Cl)c(=O)c12. The van der Waals surface area contributed by atoms with Crippen LogP contribution in [0.1, 0.15) is 23.9 Å². The Morgan fingerprint density at radius 1 is 1.14 bits per heavy atom. The minimum atomic E-state index is -0.838. The number of nitrogen functional groups attached to an aromatic ring is 1. The minimum absolute atomic E-state index is 0.177. The molecule has 0 radical (unpaired) electrons.